The molecule has 1 rings (SSSR count). The van der Waals surface area contributed by atoms with Crippen LogP contribution in [0.2, 0.25) is 0 Å². The van der Waals surface area contributed by atoms with Crippen LogP contribution >= 0.6 is 0 Å². The molecule has 4 nitrogen and oxygen atoms in total. The van der Waals surface area contributed by atoms with E-state index in [1.54, 1.807) is 0 Å². The lowest BCUT2D eigenvalue weighted by Gasteiger charge is -2.27. The summed E-state index contributed by atoms with van der Waals surface area (Å²) in [6, 6.07) is 0.559. The van der Waals surface area contributed by atoms with Crippen molar-refractivity contribution in [3.8, 4) is 0 Å². The zero-order chi connectivity index (χ0) is 9.68. The Morgan fingerprint density at radius 3 is 2.54 bits per heavy atom. The number of aliphatic hydroxyl groups excluding tert-OH is 1. The average Bonchev–Trinajstić information content (AvgIpc) is 2.19. The summed E-state index contributed by atoms with van der Waals surface area (Å²) in [5, 5.41) is 11.7. The third-order valence-corrected chi connectivity index (χ3v) is 2.51. The summed E-state index contributed by atoms with van der Waals surface area (Å²) in [5.74, 6) is -0.507. The summed E-state index contributed by atoms with van der Waals surface area (Å²) in [5.41, 5.74) is 0. The van der Waals surface area contributed by atoms with Crippen molar-refractivity contribution >= 4 is 5.97 Å². The minimum atomic E-state index is -0.508. The molecule has 1 aliphatic rings. The largest absolute Gasteiger partial charge is 0.461 e. The van der Waals surface area contributed by atoms with Crippen molar-refractivity contribution in [3.05, 3.63) is 0 Å². The molecule has 0 aromatic rings. The average molecular weight is 187 g/mol. The molecular weight excluding hydrogens is 170 g/mol. The molecule has 1 fully saturated rings. The monoisotopic (exact) mass is 187 g/mol. The normalized spacial score (nSPS) is 28.5. The van der Waals surface area contributed by atoms with Gasteiger partial charge in [0, 0.05) is 6.04 Å². The highest BCUT2D eigenvalue weighted by atomic mass is 16.6. The van der Waals surface area contributed by atoms with Crippen LogP contribution in [0.4, 0.5) is 0 Å². The van der Waals surface area contributed by atoms with Gasteiger partial charge in [0.1, 0.15) is 12.7 Å². The first-order chi connectivity index (χ1) is 6.26. The van der Waals surface area contributed by atoms with Gasteiger partial charge in [0.05, 0.1) is 0 Å². The zero-order valence-electron chi connectivity index (χ0n) is 7.95. The van der Waals surface area contributed by atoms with E-state index in [-0.39, 0.29) is 6.10 Å². The van der Waals surface area contributed by atoms with Crippen molar-refractivity contribution < 1.29 is 14.6 Å². The Morgan fingerprint density at radius 2 is 2.08 bits per heavy atom. The maximum absolute atomic E-state index is 10.7. The Balaban J connectivity index is 2.21. The molecule has 0 saturated heterocycles. The van der Waals surface area contributed by atoms with Gasteiger partial charge < -0.3 is 15.2 Å². The number of aliphatic hydroxyl groups is 1. The molecule has 0 aliphatic heterocycles. The fraction of sp³-hybridized carbons (Fsp3) is 0.889. The Kier molecular flexibility index (Phi) is 4.18. The molecule has 4 heteroatoms. The Morgan fingerprint density at radius 1 is 1.46 bits per heavy atom. The topological polar surface area (TPSA) is 58.6 Å². The van der Waals surface area contributed by atoms with Crippen LogP contribution in [0.1, 0.15) is 25.7 Å². The van der Waals surface area contributed by atoms with E-state index < -0.39 is 12.6 Å². The van der Waals surface area contributed by atoms with Gasteiger partial charge in [-0.2, -0.15) is 0 Å². The van der Waals surface area contributed by atoms with Crippen LogP contribution in [-0.2, 0) is 9.53 Å². The number of carbonyl (C=O) groups excluding carboxylic acids is 1. The lowest BCUT2D eigenvalue weighted by Crippen LogP contribution is -2.34. The van der Waals surface area contributed by atoms with Crippen LogP contribution < -0.4 is 5.32 Å². The van der Waals surface area contributed by atoms with Gasteiger partial charge in [-0.15, -0.1) is 0 Å². The molecule has 2 N–H and O–H groups in total. The van der Waals surface area contributed by atoms with Crippen molar-refractivity contribution in [1.29, 1.82) is 0 Å². The van der Waals surface area contributed by atoms with Gasteiger partial charge in [-0.25, -0.2) is 4.79 Å². The van der Waals surface area contributed by atoms with Crippen molar-refractivity contribution in [3.63, 3.8) is 0 Å². The van der Waals surface area contributed by atoms with Crippen LogP contribution in [0.5, 0.6) is 0 Å². The molecule has 0 unspecified atom stereocenters. The maximum atomic E-state index is 10.7. The van der Waals surface area contributed by atoms with E-state index in [0.29, 0.717) is 6.04 Å². The predicted molar refractivity (Wildman–Crippen MR) is 48.3 cm³/mol. The summed E-state index contributed by atoms with van der Waals surface area (Å²) in [6.45, 7) is -0.508. The molecule has 0 heterocycles. The van der Waals surface area contributed by atoms with Crippen LogP contribution in [0, 0.1) is 0 Å². The minimum Gasteiger partial charge on any atom is -0.461 e. The second kappa shape index (κ2) is 5.19. The number of esters is 1. The fourth-order valence-electron chi connectivity index (χ4n) is 1.69. The summed E-state index contributed by atoms with van der Waals surface area (Å²) in [6.07, 6.45) is 3.90. The number of nitrogens with one attached hydrogen (secondary N) is 1. The lowest BCUT2D eigenvalue weighted by atomic mass is 9.93. The van der Waals surface area contributed by atoms with Gasteiger partial charge >= 0.3 is 5.97 Å². The molecule has 0 bridgehead atoms. The molecule has 0 aromatic heterocycles. The molecule has 76 valence electrons. The van der Waals surface area contributed by atoms with Crippen LogP contribution in [0.15, 0.2) is 0 Å². The quantitative estimate of drug-likeness (QED) is 0.613. The third kappa shape index (κ3) is 3.32. The van der Waals surface area contributed by atoms with E-state index in [2.05, 4.69) is 5.32 Å². The molecule has 0 aromatic carbocycles. The molecule has 1 saturated carbocycles. The van der Waals surface area contributed by atoms with Crippen molar-refractivity contribution in [2.45, 2.75) is 37.8 Å². The molecule has 13 heavy (non-hydrogen) atoms. The number of hydrogen-bond acceptors (Lipinski definition) is 4. The highest BCUT2D eigenvalue weighted by molar-refractivity contribution is 5.70. The Labute approximate surface area is 78.3 Å². The van der Waals surface area contributed by atoms with Crippen molar-refractivity contribution in [2.24, 2.45) is 0 Å². The van der Waals surface area contributed by atoms with Gasteiger partial charge in [-0.3, -0.25) is 0 Å². The van der Waals surface area contributed by atoms with Gasteiger partial charge in [0.2, 0.25) is 0 Å². The smallest absolute Gasteiger partial charge is 0.332 e. The van der Waals surface area contributed by atoms with E-state index in [9.17, 15) is 4.79 Å². The second-order valence-electron chi connectivity index (χ2n) is 3.41. The number of rotatable bonds is 3. The maximum Gasteiger partial charge on any atom is 0.332 e. The summed E-state index contributed by atoms with van der Waals surface area (Å²) < 4.78 is 5.02. The van der Waals surface area contributed by atoms with E-state index in [1.165, 1.54) is 0 Å². The van der Waals surface area contributed by atoms with Gasteiger partial charge in [-0.05, 0) is 32.7 Å². The zero-order valence-corrected chi connectivity index (χ0v) is 7.95. The Bertz CT molecular complexity index is 164. The first-order valence-corrected chi connectivity index (χ1v) is 4.74. The summed E-state index contributed by atoms with van der Waals surface area (Å²) in [4.78, 5) is 10.7. The number of ether oxygens (including phenoxy) is 1. The predicted octanol–water partition coefficient (Wildman–Crippen LogP) is 0.0525. The molecule has 0 spiro atoms. The minimum absolute atomic E-state index is 0.0178. The fourth-order valence-corrected chi connectivity index (χ4v) is 1.69. The van der Waals surface area contributed by atoms with Crippen LogP contribution in [0.3, 0.4) is 0 Å². The van der Waals surface area contributed by atoms with Crippen LogP contribution in [-0.4, -0.2) is 36.9 Å². The first kappa shape index (κ1) is 10.5. The SMILES string of the molecule is CNC1CCC(OC(=O)CO)CC1. The van der Waals surface area contributed by atoms with Crippen molar-refractivity contribution in [2.75, 3.05) is 13.7 Å². The standard InChI is InChI=1S/C9H17NO3/c1-10-7-2-4-8(5-3-7)13-9(12)6-11/h7-8,10-11H,2-6H2,1H3. The summed E-state index contributed by atoms with van der Waals surface area (Å²) in [7, 11) is 1.95. The highest BCUT2D eigenvalue weighted by Gasteiger charge is 2.22. The van der Waals surface area contributed by atoms with Gasteiger partial charge in [-0.1, -0.05) is 0 Å². The van der Waals surface area contributed by atoms with E-state index in [0.717, 1.165) is 25.7 Å². The Hall–Kier alpha value is -0.610. The van der Waals surface area contributed by atoms with Gasteiger partial charge in [0.25, 0.3) is 0 Å². The lowest BCUT2D eigenvalue weighted by molar-refractivity contribution is -0.154. The molecule has 0 atom stereocenters. The summed E-state index contributed by atoms with van der Waals surface area (Å²) >= 11 is 0. The van der Waals surface area contributed by atoms with Gasteiger partial charge in [0.15, 0.2) is 0 Å². The molecular formula is C9H17NO3. The second-order valence-corrected chi connectivity index (χ2v) is 3.41. The van der Waals surface area contributed by atoms with Crippen LogP contribution in [0.25, 0.3) is 0 Å². The van der Waals surface area contributed by atoms with E-state index >= 15 is 0 Å². The van der Waals surface area contributed by atoms with E-state index in [1.807, 2.05) is 7.05 Å². The number of carbonyl (C=O) groups is 1. The molecule has 0 amide bonds. The van der Waals surface area contributed by atoms with E-state index in [4.69, 9.17) is 9.84 Å². The first-order valence-electron chi connectivity index (χ1n) is 4.74. The highest BCUT2D eigenvalue weighted by Crippen LogP contribution is 2.20. The number of hydrogen-bond donors (Lipinski definition) is 2. The molecule has 0 radical (unpaired) electrons. The third-order valence-electron chi connectivity index (χ3n) is 2.51. The van der Waals surface area contributed by atoms with Crippen molar-refractivity contribution in [1.82, 2.24) is 5.32 Å². The molecule has 1 aliphatic carbocycles.